The molecule has 0 aromatic carbocycles. The number of nitrogens with one attached hydrogen (secondary N) is 1. The lowest BCUT2D eigenvalue weighted by Gasteiger charge is -2.05. The zero-order chi connectivity index (χ0) is 12.8. The molecule has 0 bridgehead atoms. The van der Waals surface area contributed by atoms with E-state index in [1.54, 1.807) is 18.3 Å². The monoisotopic (exact) mass is 242 g/mol. The Bertz CT molecular complexity index is 510. The topological polar surface area (TPSA) is 84.9 Å². The summed E-state index contributed by atoms with van der Waals surface area (Å²) < 4.78 is 5.48. The molecular weight excluding hydrogens is 228 g/mol. The predicted molar refractivity (Wildman–Crippen MR) is 68.7 cm³/mol. The number of rotatable bonds is 5. The molecule has 5 nitrogen and oxygen atoms in total. The quantitative estimate of drug-likeness (QED) is 0.612. The summed E-state index contributed by atoms with van der Waals surface area (Å²) in [6.07, 6.45) is 4.02. The Kier molecular flexibility index (Phi) is 3.86. The Morgan fingerprint density at radius 1 is 1.22 bits per heavy atom. The number of nitrogens with two attached hydrogens (primary N) is 1. The highest BCUT2D eigenvalue weighted by Crippen LogP contribution is 2.07. The summed E-state index contributed by atoms with van der Waals surface area (Å²) >= 11 is 0. The van der Waals surface area contributed by atoms with Crippen LogP contribution in [0.5, 0.6) is 5.88 Å². The summed E-state index contributed by atoms with van der Waals surface area (Å²) in [5.74, 6) is 0.526. The van der Waals surface area contributed by atoms with Crippen LogP contribution in [0.25, 0.3) is 0 Å². The average molecular weight is 242 g/mol. The third kappa shape index (κ3) is 3.28. The lowest BCUT2D eigenvalue weighted by Crippen LogP contribution is -2.11. The molecule has 2 aromatic rings. The number of hydrogen-bond donors (Lipinski definition) is 2. The third-order valence-corrected chi connectivity index (χ3v) is 2.38. The van der Waals surface area contributed by atoms with Crippen LogP contribution in [-0.2, 0) is 6.42 Å². The first-order chi connectivity index (χ1) is 8.75. The highest BCUT2D eigenvalue weighted by atomic mass is 16.5. The van der Waals surface area contributed by atoms with Crippen molar-refractivity contribution in [3.63, 3.8) is 0 Å². The molecule has 5 heteroatoms. The van der Waals surface area contributed by atoms with Gasteiger partial charge in [0.05, 0.1) is 6.61 Å². The van der Waals surface area contributed by atoms with Gasteiger partial charge in [0.1, 0.15) is 5.84 Å². The summed E-state index contributed by atoms with van der Waals surface area (Å²) in [5, 5.41) is 7.24. The first-order valence-corrected chi connectivity index (χ1v) is 5.59. The second-order valence-corrected chi connectivity index (χ2v) is 3.72. The van der Waals surface area contributed by atoms with Crippen molar-refractivity contribution in [2.75, 3.05) is 6.61 Å². The van der Waals surface area contributed by atoms with Gasteiger partial charge in [0.15, 0.2) is 0 Å². The van der Waals surface area contributed by atoms with Gasteiger partial charge >= 0.3 is 0 Å². The number of amidine groups is 1. The maximum absolute atomic E-state index is 7.24. The van der Waals surface area contributed by atoms with Crippen LogP contribution < -0.4 is 10.5 Å². The zero-order valence-corrected chi connectivity index (χ0v) is 9.84. The number of nitrogen functional groups attached to an aromatic ring is 1. The predicted octanol–water partition coefficient (Wildman–Crippen LogP) is 1.38. The van der Waals surface area contributed by atoms with Gasteiger partial charge in [0, 0.05) is 36.1 Å². The molecule has 0 aliphatic carbocycles. The number of aromatic nitrogens is 2. The van der Waals surface area contributed by atoms with E-state index in [-0.39, 0.29) is 5.84 Å². The van der Waals surface area contributed by atoms with Gasteiger partial charge in [-0.1, -0.05) is 6.07 Å². The summed E-state index contributed by atoms with van der Waals surface area (Å²) in [5.41, 5.74) is 6.91. The number of nitrogens with zero attached hydrogens (tertiary/aromatic N) is 2. The van der Waals surface area contributed by atoms with E-state index in [9.17, 15) is 0 Å². The van der Waals surface area contributed by atoms with Crippen LogP contribution in [0, 0.1) is 5.41 Å². The number of hydrogen-bond acceptors (Lipinski definition) is 4. The Hall–Kier alpha value is -2.43. The van der Waals surface area contributed by atoms with Crippen molar-refractivity contribution in [3.05, 3.63) is 54.0 Å². The van der Waals surface area contributed by atoms with Crippen LogP contribution in [0.3, 0.4) is 0 Å². The van der Waals surface area contributed by atoms with Gasteiger partial charge in [0.25, 0.3) is 0 Å². The standard InChI is InChI=1S/C13H14N4O/c14-13(15)10-4-5-12(17-9-10)18-8-6-11-3-1-2-7-16-11/h1-5,7,9H,6,8H2,(H3,14,15). The van der Waals surface area contributed by atoms with E-state index in [1.807, 2.05) is 18.2 Å². The van der Waals surface area contributed by atoms with Gasteiger partial charge in [-0.3, -0.25) is 10.4 Å². The second kappa shape index (κ2) is 5.77. The third-order valence-electron chi connectivity index (χ3n) is 2.38. The lowest BCUT2D eigenvalue weighted by molar-refractivity contribution is 0.308. The van der Waals surface area contributed by atoms with Gasteiger partial charge in [-0.15, -0.1) is 0 Å². The molecule has 0 amide bonds. The fourth-order valence-corrected chi connectivity index (χ4v) is 1.43. The normalized spacial score (nSPS) is 10.0. The maximum Gasteiger partial charge on any atom is 0.213 e. The average Bonchev–Trinajstić information content (AvgIpc) is 2.40. The van der Waals surface area contributed by atoms with Gasteiger partial charge in [-0.05, 0) is 18.2 Å². The minimum atomic E-state index is 0.00235. The molecule has 2 aromatic heterocycles. The molecule has 0 fully saturated rings. The van der Waals surface area contributed by atoms with Crippen LogP contribution in [0.4, 0.5) is 0 Å². The number of ether oxygens (including phenoxy) is 1. The highest BCUT2D eigenvalue weighted by molar-refractivity contribution is 5.94. The van der Waals surface area contributed by atoms with Crippen molar-refractivity contribution in [2.45, 2.75) is 6.42 Å². The van der Waals surface area contributed by atoms with Crippen molar-refractivity contribution >= 4 is 5.84 Å². The largest absolute Gasteiger partial charge is 0.477 e. The first-order valence-electron chi connectivity index (χ1n) is 5.59. The minimum Gasteiger partial charge on any atom is -0.477 e. The van der Waals surface area contributed by atoms with E-state index in [0.717, 1.165) is 12.1 Å². The molecule has 0 radical (unpaired) electrons. The maximum atomic E-state index is 7.24. The molecule has 2 heterocycles. The SMILES string of the molecule is N=C(N)c1ccc(OCCc2ccccn2)nc1. The Labute approximate surface area is 105 Å². The lowest BCUT2D eigenvalue weighted by atomic mass is 10.2. The molecular formula is C13H14N4O. The molecule has 0 saturated heterocycles. The van der Waals surface area contributed by atoms with Crippen molar-refractivity contribution in [1.82, 2.24) is 9.97 Å². The Morgan fingerprint density at radius 3 is 2.72 bits per heavy atom. The summed E-state index contributed by atoms with van der Waals surface area (Å²) in [4.78, 5) is 8.27. The van der Waals surface area contributed by atoms with E-state index in [1.165, 1.54) is 6.20 Å². The molecule has 92 valence electrons. The van der Waals surface area contributed by atoms with Crippen LogP contribution in [-0.4, -0.2) is 22.4 Å². The highest BCUT2D eigenvalue weighted by Gasteiger charge is 1.99. The molecule has 0 atom stereocenters. The molecule has 0 aliphatic heterocycles. The van der Waals surface area contributed by atoms with Gasteiger partial charge in [-0.25, -0.2) is 4.98 Å². The summed E-state index contributed by atoms with van der Waals surface area (Å²) in [6.45, 7) is 0.517. The zero-order valence-electron chi connectivity index (χ0n) is 9.84. The molecule has 2 rings (SSSR count). The van der Waals surface area contributed by atoms with Crippen LogP contribution in [0.2, 0.25) is 0 Å². The number of pyridine rings is 2. The molecule has 0 spiro atoms. The van der Waals surface area contributed by atoms with E-state index in [4.69, 9.17) is 15.9 Å². The van der Waals surface area contributed by atoms with E-state index < -0.39 is 0 Å². The summed E-state index contributed by atoms with van der Waals surface area (Å²) in [7, 11) is 0. The van der Waals surface area contributed by atoms with E-state index in [0.29, 0.717) is 18.1 Å². The molecule has 18 heavy (non-hydrogen) atoms. The van der Waals surface area contributed by atoms with Crippen molar-refractivity contribution in [2.24, 2.45) is 5.73 Å². The molecule has 0 saturated carbocycles. The van der Waals surface area contributed by atoms with E-state index in [2.05, 4.69) is 9.97 Å². The minimum absolute atomic E-state index is 0.00235. The van der Waals surface area contributed by atoms with E-state index >= 15 is 0 Å². The smallest absolute Gasteiger partial charge is 0.213 e. The molecule has 0 aliphatic rings. The summed E-state index contributed by atoms with van der Waals surface area (Å²) in [6, 6.07) is 9.20. The van der Waals surface area contributed by atoms with Gasteiger partial charge < -0.3 is 10.5 Å². The fourth-order valence-electron chi connectivity index (χ4n) is 1.43. The second-order valence-electron chi connectivity index (χ2n) is 3.72. The fraction of sp³-hybridized carbons (Fsp3) is 0.154. The van der Waals surface area contributed by atoms with Crippen molar-refractivity contribution in [1.29, 1.82) is 5.41 Å². The van der Waals surface area contributed by atoms with Crippen molar-refractivity contribution < 1.29 is 4.74 Å². The van der Waals surface area contributed by atoms with Crippen molar-refractivity contribution in [3.8, 4) is 5.88 Å². The van der Waals surface area contributed by atoms with Crippen LogP contribution in [0.15, 0.2) is 42.7 Å². The first kappa shape index (κ1) is 12.0. The molecule has 3 N–H and O–H groups in total. The molecule has 0 unspecified atom stereocenters. The van der Waals surface area contributed by atoms with Gasteiger partial charge in [0.2, 0.25) is 5.88 Å². The van der Waals surface area contributed by atoms with Crippen LogP contribution in [0.1, 0.15) is 11.3 Å². The Balaban J connectivity index is 1.85. The van der Waals surface area contributed by atoms with Gasteiger partial charge in [-0.2, -0.15) is 0 Å². The van der Waals surface area contributed by atoms with Crippen LogP contribution >= 0.6 is 0 Å². The Morgan fingerprint density at radius 2 is 2.11 bits per heavy atom.